The highest BCUT2D eigenvalue weighted by Gasteiger charge is 2.51. The maximum absolute atomic E-state index is 12.4. The van der Waals surface area contributed by atoms with E-state index in [1.807, 2.05) is 27.7 Å². The molecule has 0 spiro atoms. The molecule has 4 N–H and O–H groups in total. The van der Waals surface area contributed by atoms with Gasteiger partial charge in [0.05, 0.1) is 11.2 Å². The van der Waals surface area contributed by atoms with Crippen LogP contribution in [0.2, 0.25) is 0 Å². The van der Waals surface area contributed by atoms with Gasteiger partial charge in [-0.15, -0.1) is 0 Å². The lowest BCUT2D eigenvalue weighted by Crippen LogP contribution is -2.41. The van der Waals surface area contributed by atoms with Crippen molar-refractivity contribution in [1.82, 2.24) is 9.97 Å². The largest absolute Gasteiger partial charge is 0.707 e. The molecule has 1 aromatic carbocycles. The Morgan fingerprint density at radius 3 is 2.15 bits per heavy atom. The molecule has 0 aliphatic carbocycles. The average molecular weight is 377 g/mol. The van der Waals surface area contributed by atoms with Crippen molar-refractivity contribution < 1.29 is 28.4 Å². The topological polar surface area (TPSA) is 120 Å². The third kappa shape index (κ3) is 5.64. The number of nitrogen functional groups attached to an aromatic ring is 1. The van der Waals surface area contributed by atoms with E-state index in [0.29, 0.717) is 0 Å². The quantitative estimate of drug-likeness (QED) is 0.663. The van der Waals surface area contributed by atoms with Crippen molar-refractivity contribution in [3.63, 3.8) is 0 Å². The van der Waals surface area contributed by atoms with Crippen LogP contribution < -0.4 is 15.9 Å². The summed E-state index contributed by atoms with van der Waals surface area (Å²) < 4.78 is 28.4. The number of hydrogen-bond acceptors (Lipinski definition) is 8. The van der Waals surface area contributed by atoms with Crippen LogP contribution in [0.25, 0.3) is 0 Å². The molecule has 0 atom stereocenters. The molecule has 0 saturated carbocycles. The van der Waals surface area contributed by atoms with Gasteiger partial charge >= 0.3 is 14.4 Å². The Kier molecular flexibility index (Phi) is 6.42. The normalized spacial score (nSPS) is 17.1. The van der Waals surface area contributed by atoms with Crippen LogP contribution in [-0.2, 0) is 9.31 Å². The highest BCUT2D eigenvalue weighted by Crippen LogP contribution is 2.36. The van der Waals surface area contributed by atoms with Gasteiger partial charge < -0.3 is 29.7 Å². The van der Waals surface area contributed by atoms with Crippen LogP contribution in [0.15, 0.2) is 36.7 Å². The lowest BCUT2D eigenvalue weighted by atomic mass is 9.81. The minimum absolute atomic E-state index is 0.0833. The molecule has 1 saturated heterocycles. The molecular weight excluding hydrogens is 355 g/mol. The number of benzene rings is 1. The molecule has 2 heterocycles. The van der Waals surface area contributed by atoms with Crippen molar-refractivity contribution >= 4 is 25.9 Å². The van der Waals surface area contributed by atoms with Crippen LogP contribution in [0.5, 0.6) is 5.75 Å². The van der Waals surface area contributed by atoms with Crippen LogP contribution in [0.3, 0.4) is 0 Å². The van der Waals surface area contributed by atoms with E-state index in [2.05, 4.69) is 14.6 Å². The number of aromatic nitrogens is 2. The van der Waals surface area contributed by atoms with Crippen molar-refractivity contribution in [2.45, 2.75) is 38.9 Å². The number of hydrogen-bond donors (Lipinski definition) is 3. The van der Waals surface area contributed by atoms with Crippen molar-refractivity contribution in [2.24, 2.45) is 0 Å². The second-order valence-corrected chi connectivity index (χ2v) is 6.86. The first-order chi connectivity index (χ1) is 12.5. The maximum Gasteiger partial charge on any atom is 0.707 e. The van der Waals surface area contributed by atoms with Gasteiger partial charge in [0.15, 0.2) is 0 Å². The van der Waals surface area contributed by atoms with Crippen LogP contribution >= 0.6 is 0 Å². The lowest BCUT2D eigenvalue weighted by molar-refractivity contribution is 0.00578. The first-order valence-corrected chi connectivity index (χ1v) is 8.21. The zero-order valence-corrected chi connectivity index (χ0v) is 15.6. The maximum atomic E-state index is 12.4. The zero-order valence-electron chi connectivity index (χ0n) is 15.6. The van der Waals surface area contributed by atoms with Gasteiger partial charge in [0.1, 0.15) is 11.6 Å². The number of nitrogens with zero attached hydrogens (tertiary/aromatic N) is 2. The molecule has 0 radical (unpaired) electrons. The van der Waals surface area contributed by atoms with Crippen molar-refractivity contribution in [3.8, 4) is 5.75 Å². The Morgan fingerprint density at radius 1 is 1.11 bits per heavy atom. The van der Waals surface area contributed by atoms with Crippen LogP contribution in [0.4, 0.5) is 10.3 Å². The van der Waals surface area contributed by atoms with Gasteiger partial charge in [0, 0.05) is 23.9 Å². The molecule has 144 valence electrons. The van der Waals surface area contributed by atoms with E-state index < -0.39 is 20.3 Å². The minimum atomic E-state index is -1.91. The van der Waals surface area contributed by atoms with Crippen LogP contribution in [0.1, 0.15) is 27.7 Å². The second-order valence-electron chi connectivity index (χ2n) is 6.86. The lowest BCUT2D eigenvalue weighted by Gasteiger charge is -2.32. The van der Waals surface area contributed by atoms with Crippen molar-refractivity contribution in [3.05, 3.63) is 42.5 Å². The van der Waals surface area contributed by atoms with Gasteiger partial charge in [0.25, 0.3) is 0 Å². The third-order valence-corrected chi connectivity index (χ3v) is 4.25. The Labute approximate surface area is 157 Å². The monoisotopic (exact) mass is 377 g/mol. The molecular formula is C16H22B2FN3O5. The predicted molar refractivity (Wildman–Crippen MR) is 99.4 cm³/mol. The van der Waals surface area contributed by atoms with Gasteiger partial charge in [-0.25, -0.2) is 14.4 Å². The van der Waals surface area contributed by atoms with Gasteiger partial charge in [-0.05, 0) is 39.8 Å². The molecule has 0 bridgehead atoms. The van der Waals surface area contributed by atoms with Crippen LogP contribution in [-0.4, -0.2) is 45.7 Å². The molecule has 0 amide bonds. The van der Waals surface area contributed by atoms with E-state index >= 15 is 0 Å². The summed E-state index contributed by atoms with van der Waals surface area (Å²) in [5, 5.41) is 16.6. The van der Waals surface area contributed by atoms with Gasteiger partial charge in [0.2, 0.25) is 5.95 Å². The molecule has 1 aromatic heterocycles. The molecule has 0 unspecified atom stereocenters. The Morgan fingerprint density at radius 2 is 1.67 bits per heavy atom. The molecule has 1 aliphatic heterocycles. The fourth-order valence-electron chi connectivity index (χ4n) is 2.11. The first kappa shape index (κ1) is 21.1. The zero-order chi connectivity index (χ0) is 20.2. The summed E-state index contributed by atoms with van der Waals surface area (Å²) in [5.74, 6) is -0.150. The molecule has 2 aromatic rings. The summed E-state index contributed by atoms with van der Waals surface area (Å²) in [4.78, 5) is 7.85. The van der Waals surface area contributed by atoms with E-state index in [1.165, 1.54) is 18.2 Å². The average Bonchev–Trinajstić information content (AvgIpc) is 2.76. The molecule has 1 fully saturated rings. The minimum Gasteiger partial charge on any atom is -0.512 e. The van der Waals surface area contributed by atoms with E-state index in [1.54, 1.807) is 12.4 Å². The molecule has 8 nitrogen and oxygen atoms in total. The summed E-state index contributed by atoms with van der Waals surface area (Å²) in [5.41, 5.74) is 5.52. The molecule has 27 heavy (non-hydrogen) atoms. The number of halogens is 1. The fraction of sp³-hybridized carbons (Fsp3) is 0.375. The first-order valence-electron chi connectivity index (χ1n) is 8.21. The summed E-state index contributed by atoms with van der Waals surface area (Å²) in [6.45, 7) is 8.02. The van der Waals surface area contributed by atoms with Gasteiger partial charge in [-0.1, -0.05) is 6.07 Å². The second kappa shape index (κ2) is 8.22. The Hall–Kier alpha value is -2.20. The van der Waals surface area contributed by atoms with Crippen molar-refractivity contribution in [2.75, 3.05) is 5.73 Å². The predicted octanol–water partition coefficient (Wildman–Crippen LogP) is 0.532. The number of nitrogens with two attached hydrogens (primary N) is 1. The van der Waals surface area contributed by atoms with Crippen molar-refractivity contribution in [1.29, 1.82) is 0 Å². The number of rotatable bonds is 3. The van der Waals surface area contributed by atoms with Crippen LogP contribution in [0, 0.1) is 5.82 Å². The molecule has 1 aliphatic rings. The highest BCUT2D eigenvalue weighted by atomic mass is 19.1. The molecule has 3 rings (SSSR count). The SMILES string of the molecule is CC1(C)OB(c2cnc(N)nc2)OC1(C)C.OB(O)Oc1cccc(F)c1. The van der Waals surface area contributed by atoms with E-state index in [0.717, 1.165) is 11.5 Å². The Balaban J connectivity index is 0.000000208. The summed E-state index contributed by atoms with van der Waals surface area (Å²) in [6.07, 6.45) is 3.26. The highest BCUT2D eigenvalue weighted by molar-refractivity contribution is 6.61. The van der Waals surface area contributed by atoms with E-state index in [-0.39, 0.29) is 22.9 Å². The van der Waals surface area contributed by atoms with Gasteiger partial charge in [-0.3, -0.25) is 0 Å². The van der Waals surface area contributed by atoms with Gasteiger partial charge in [-0.2, -0.15) is 0 Å². The summed E-state index contributed by atoms with van der Waals surface area (Å²) in [7, 11) is -2.33. The summed E-state index contributed by atoms with van der Waals surface area (Å²) in [6, 6.07) is 5.12. The Bertz CT molecular complexity index is 746. The third-order valence-electron chi connectivity index (χ3n) is 4.25. The number of anilines is 1. The fourth-order valence-corrected chi connectivity index (χ4v) is 2.11. The van der Waals surface area contributed by atoms with E-state index in [9.17, 15) is 4.39 Å². The standard InChI is InChI=1S/C10H16BN3O2.C6H6BFO3/c1-9(2)10(3,4)16-11(15-9)7-5-13-8(12)14-6-7;8-5-2-1-3-6(4-5)11-7(9)10/h5-6H,1-4H3,(H2,12,13,14);1-4,9-10H. The smallest absolute Gasteiger partial charge is 0.512 e. The molecule has 11 heteroatoms. The summed E-state index contributed by atoms with van der Waals surface area (Å²) >= 11 is 0. The van der Waals surface area contributed by atoms with E-state index in [4.69, 9.17) is 25.1 Å².